The summed E-state index contributed by atoms with van der Waals surface area (Å²) in [5.74, 6) is -2.72. The molecule has 0 fully saturated rings. The molecular formula is C11H11NaO3. The van der Waals surface area contributed by atoms with Gasteiger partial charge in [-0.25, -0.2) is 0 Å². The summed E-state index contributed by atoms with van der Waals surface area (Å²) < 4.78 is 0. The average Bonchev–Trinajstić information content (AvgIpc) is 2.19. The molecule has 0 aliphatic carbocycles. The van der Waals surface area contributed by atoms with Crippen LogP contribution in [-0.4, -0.2) is 11.8 Å². The van der Waals surface area contributed by atoms with Gasteiger partial charge in [0.1, 0.15) is 0 Å². The number of hydrogen-bond acceptors (Lipinski definition) is 3. The summed E-state index contributed by atoms with van der Waals surface area (Å²) in [5.41, 5.74) is 0.420. The Kier molecular flexibility index (Phi) is 6.48. The van der Waals surface area contributed by atoms with Gasteiger partial charge in [-0.1, -0.05) is 37.3 Å². The molecule has 3 nitrogen and oxygen atoms in total. The second-order valence-electron chi connectivity index (χ2n) is 3.01. The molecule has 0 aliphatic heterocycles. The van der Waals surface area contributed by atoms with Crippen LogP contribution in [0.3, 0.4) is 0 Å². The first-order valence-corrected chi connectivity index (χ1v) is 4.47. The molecule has 0 saturated heterocycles. The Labute approximate surface area is 111 Å². The molecule has 1 rings (SSSR count). The van der Waals surface area contributed by atoms with E-state index in [0.29, 0.717) is 5.56 Å². The van der Waals surface area contributed by atoms with Crippen LogP contribution >= 0.6 is 0 Å². The van der Waals surface area contributed by atoms with E-state index < -0.39 is 11.9 Å². The van der Waals surface area contributed by atoms with Gasteiger partial charge in [0, 0.05) is 5.56 Å². The minimum atomic E-state index is -1.30. The van der Waals surface area contributed by atoms with Gasteiger partial charge < -0.3 is 9.90 Å². The molecule has 0 heterocycles. The van der Waals surface area contributed by atoms with Crippen LogP contribution in [0.2, 0.25) is 0 Å². The summed E-state index contributed by atoms with van der Waals surface area (Å²) in [5, 5.41) is 10.6. The van der Waals surface area contributed by atoms with E-state index in [4.69, 9.17) is 0 Å². The van der Waals surface area contributed by atoms with E-state index in [-0.39, 0.29) is 41.8 Å². The molecule has 0 aromatic heterocycles. The molecule has 0 radical (unpaired) electrons. The van der Waals surface area contributed by atoms with Gasteiger partial charge in [-0.05, 0) is 6.42 Å². The van der Waals surface area contributed by atoms with Gasteiger partial charge >= 0.3 is 29.6 Å². The van der Waals surface area contributed by atoms with Crippen LogP contribution in [0.25, 0.3) is 0 Å². The number of carboxylic acids is 1. The Balaban J connectivity index is 0.00000196. The summed E-state index contributed by atoms with van der Waals surface area (Å²) in [7, 11) is 0. The number of benzene rings is 1. The Morgan fingerprint density at radius 3 is 2.20 bits per heavy atom. The third-order valence-corrected chi connectivity index (χ3v) is 2.07. The summed E-state index contributed by atoms with van der Waals surface area (Å²) in [6, 6.07) is 8.39. The van der Waals surface area contributed by atoms with E-state index in [1.165, 1.54) is 0 Å². The second-order valence-corrected chi connectivity index (χ2v) is 3.01. The zero-order valence-electron chi connectivity index (χ0n) is 8.90. The first-order chi connectivity index (χ1) is 6.66. The molecule has 0 N–H and O–H groups in total. The number of carboxylic acid groups (broad SMARTS) is 1. The van der Waals surface area contributed by atoms with Crippen LogP contribution in [0.4, 0.5) is 0 Å². The minimum absolute atomic E-state index is 0. The van der Waals surface area contributed by atoms with Crippen molar-refractivity contribution in [3.05, 3.63) is 35.9 Å². The van der Waals surface area contributed by atoms with Crippen molar-refractivity contribution in [3.8, 4) is 0 Å². The summed E-state index contributed by atoms with van der Waals surface area (Å²) in [6.07, 6.45) is 0.260. The molecule has 1 unspecified atom stereocenters. The predicted molar refractivity (Wildman–Crippen MR) is 49.6 cm³/mol. The average molecular weight is 214 g/mol. The molecule has 0 saturated carbocycles. The van der Waals surface area contributed by atoms with E-state index in [1.54, 1.807) is 37.3 Å². The fourth-order valence-corrected chi connectivity index (χ4v) is 1.26. The maximum absolute atomic E-state index is 11.6. The molecule has 1 atom stereocenters. The third kappa shape index (κ3) is 3.78. The summed E-state index contributed by atoms with van der Waals surface area (Å²) >= 11 is 0. The quantitative estimate of drug-likeness (QED) is 0.320. The molecule has 0 spiro atoms. The van der Waals surface area contributed by atoms with Gasteiger partial charge in [0.05, 0.1) is 11.9 Å². The van der Waals surface area contributed by atoms with Crippen molar-refractivity contribution in [2.45, 2.75) is 13.3 Å². The van der Waals surface area contributed by atoms with Gasteiger partial charge in [-0.3, -0.25) is 4.79 Å². The van der Waals surface area contributed by atoms with Crippen LogP contribution in [0.15, 0.2) is 30.3 Å². The molecule has 1 aromatic carbocycles. The number of ketones is 1. The van der Waals surface area contributed by atoms with E-state index in [1.807, 2.05) is 0 Å². The molecule has 74 valence electrons. The summed E-state index contributed by atoms with van der Waals surface area (Å²) in [4.78, 5) is 22.2. The number of carbonyl (C=O) groups is 2. The number of hydrogen-bond donors (Lipinski definition) is 0. The van der Waals surface area contributed by atoms with Crippen molar-refractivity contribution in [3.63, 3.8) is 0 Å². The first kappa shape index (κ1) is 14.4. The molecule has 1 aromatic rings. The van der Waals surface area contributed by atoms with E-state index in [2.05, 4.69) is 0 Å². The van der Waals surface area contributed by atoms with Gasteiger partial charge in [-0.15, -0.1) is 0 Å². The van der Waals surface area contributed by atoms with Gasteiger partial charge in [0.15, 0.2) is 5.78 Å². The first-order valence-electron chi connectivity index (χ1n) is 4.47. The maximum atomic E-state index is 11.6. The van der Waals surface area contributed by atoms with Gasteiger partial charge in [0.25, 0.3) is 0 Å². The number of Topliss-reactive ketones (excluding diaryl/α,β-unsaturated/α-hetero) is 1. The number of rotatable bonds is 4. The fourth-order valence-electron chi connectivity index (χ4n) is 1.26. The number of aliphatic carboxylic acids is 1. The van der Waals surface area contributed by atoms with Crippen molar-refractivity contribution in [1.82, 2.24) is 0 Å². The van der Waals surface area contributed by atoms with E-state index in [0.717, 1.165) is 0 Å². The minimum Gasteiger partial charge on any atom is -0.549 e. The Morgan fingerprint density at radius 1 is 1.27 bits per heavy atom. The van der Waals surface area contributed by atoms with Gasteiger partial charge in [-0.2, -0.15) is 0 Å². The van der Waals surface area contributed by atoms with Crippen LogP contribution in [0.1, 0.15) is 23.7 Å². The maximum Gasteiger partial charge on any atom is 1.00 e. The predicted octanol–water partition coefficient (Wildman–Crippen LogP) is -2.35. The number of carbonyl (C=O) groups excluding carboxylic acids is 2. The molecule has 0 bridgehead atoms. The molecule has 15 heavy (non-hydrogen) atoms. The Hall–Kier alpha value is -0.640. The van der Waals surface area contributed by atoms with Crippen LogP contribution < -0.4 is 34.7 Å². The molecule has 0 aliphatic rings. The smallest absolute Gasteiger partial charge is 0.549 e. The Bertz CT molecular complexity index is 335. The standard InChI is InChI=1S/C11H12O3.Na/c1-2-9(11(13)14)10(12)8-6-4-3-5-7-8;/h3-7,9H,2H2,1H3,(H,13,14);/q;+1/p-1. The molecule has 0 amide bonds. The molecule has 4 heteroatoms. The topological polar surface area (TPSA) is 57.2 Å². The summed E-state index contributed by atoms with van der Waals surface area (Å²) in [6.45, 7) is 1.65. The van der Waals surface area contributed by atoms with Crippen LogP contribution in [0, 0.1) is 5.92 Å². The van der Waals surface area contributed by atoms with Crippen molar-refractivity contribution in [2.24, 2.45) is 5.92 Å². The van der Waals surface area contributed by atoms with E-state index in [9.17, 15) is 14.7 Å². The van der Waals surface area contributed by atoms with Crippen molar-refractivity contribution in [2.75, 3.05) is 0 Å². The van der Waals surface area contributed by atoms with Crippen molar-refractivity contribution in [1.29, 1.82) is 0 Å². The Morgan fingerprint density at radius 2 is 1.80 bits per heavy atom. The van der Waals surface area contributed by atoms with Crippen LogP contribution in [-0.2, 0) is 4.79 Å². The largest absolute Gasteiger partial charge is 1.00 e. The monoisotopic (exact) mass is 214 g/mol. The fraction of sp³-hybridized carbons (Fsp3) is 0.273. The van der Waals surface area contributed by atoms with Gasteiger partial charge in [0.2, 0.25) is 0 Å². The molecular weight excluding hydrogens is 203 g/mol. The zero-order chi connectivity index (χ0) is 10.6. The second kappa shape index (κ2) is 6.77. The zero-order valence-corrected chi connectivity index (χ0v) is 10.9. The SMILES string of the molecule is CCC(C(=O)[O-])C(=O)c1ccccc1.[Na+]. The normalized spacial score (nSPS) is 11.3. The third-order valence-electron chi connectivity index (χ3n) is 2.07. The van der Waals surface area contributed by atoms with Crippen molar-refractivity contribution >= 4 is 11.8 Å². The van der Waals surface area contributed by atoms with Crippen LogP contribution in [0.5, 0.6) is 0 Å². The van der Waals surface area contributed by atoms with Crippen molar-refractivity contribution < 1.29 is 44.3 Å². The van der Waals surface area contributed by atoms with E-state index >= 15 is 0 Å².